The number of furan rings is 1. The third-order valence-electron chi connectivity index (χ3n) is 4.86. The molecule has 0 radical (unpaired) electrons. The Balaban J connectivity index is 1.58. The van der Waals surface area contributed by atoms with Crippen LogP contribution in [0, 0.1) is 6.92 Å². The fourth-order valence-electron chi connectivity index (χ4n) is 3.43. The van der Waals surface area contributed by atoms with Crippen molar-refractivity contribution in [1.29, 1.82) is 0 Å². The molecule has 140 valence electrons. The number of amides is 2. The molecule has 1 saturated heterocycles. The van der Waals surface area contributed by atoms with Gasteiger partial charge in [-0.25, -0.2) is 4.79 Å². The zero-order valence-corrected chi connectivity index (χ0v) is 15.4. The van der Waals surface area contributed by atoms with E-state index >= 15 is 0 Å². The van der Waals surface area contributed by atoms with E-state index in [0.717, 1.165) is 22.0 Å². The largest absolute Gasteiger partial charge is 0.450 e. The standard InChI is InChI=1S/C20H21N3O4/c1-3-26-20(25)23-10-8-22(9-11-23)19(24)17-12-15-13(2)21-16-7-5-4-6-14(16)18(15)27-17/h4-7,12H,3,8-11H2,1-2H3. The van der Waals surface area contributed by atoms with Gasteiger partial charge in [-0.15, -0.1) is 0 Å². The van der Waals surface area contributed by atoms with Crippen molar-refractivity contribution in [2.24, 2.45) is 0 Å². The average molecular weight is 367 g/mol. The van der Waals surface area contributed by atoms with Crippen molar-refractivity contribution >= 4 is 33.9 Å². The number of carbonyl (C=O) groups is 2. The molecule has 1 aliphatic rings. The molecule has 4 rings (SSSR count). The second kappa shape index (κ2) is 6.90. The molecule has 0 bridgehead atoms. The Kier molecular flexibility index (Phi) is 4.43. The van der Waals surface area contributed by atoms with Crippen LogP contribution in [0.15, 0.2) is 34.7 Å². The number of aromatic nitrogens is 1. The van der Waals surface area contributed by atoms with Crippen LogP contribution in [0.2, 0.25) is 0 Å². The molecule has 3 aromatic rings. The van der Waals surface area contributed by atoms with Gasteiger partial charge in [0.2, 0.25) is 0 Å². The van der Waals surface area contributed by atoms with Crippen LogP contribution < -0.4 is 0 Å². The van der Waals surface area contributed by atoms with Crippen molar-refractivity contribution in [1.82, 2.24) is 14.8 Å². The summed E-state index contributed by atoms with van der Waals surface area (Å²) in [4.78, 5) is 32.6. The molecule has 0 unspecified atom stereocenters. The highest BCUT2D eigenvalue weighted by molar-refractivity contribution is 6.06. The molecular formula is C20H21N3O4. The molecule has 0 aliphatic carbocycles. The predicted octanol–water partition coefficient (Wildman–Crippen LogP) is 3.20. The van der Waals surface area contributed by atoms with Gasteiger partial charge in [-0.3, -0.25) is 9.78 Å². The first kappa shape index (κ1) is 17.3. The summed E-state index contributed by atoms with van der Waals surface area (Å²) in [6.07, 6.45) is -0.332. The number of para-hydroxylation sites is 1. The number of piperazine rings is 1. The van der Waals surface area contributed by atoms with Crippen molar-refractivity contribution in [3.8, 4) is 0 Å². The average Bonchev–Trinajstić information content (AvgIpc) is 3.14. The molecule has 0 N–H and O–H groups in total. The molecule has 0 spiro atoms. The van der Waals surface area contributed by atoms with E-state index in [4.69, 9.17) is 9.15 Å². The summed E-state index contributed by atoms with van der Waals surface area (Å²) < 4.78 is 11.0. The number of carbonyl (C=O) groups excluding carboxylic acids is 2. The third kappa shape index (κ3) is 3.09. The molecule has 3 heterocycles. The quantitative estimate of drug-likeness (QED) is 0.695. The fraction of sp³-hybridized carbons (Fsp3) is 0.350. The zero-order valence-electron chi connectivity index (χ0n) is 15.4. The monoisotopic (exact) mass is 367 g/mol. The highest BCUT2D eigenvalue weighted by Gasteiger charge is 2.27. The minimum atomic E-state index is -0.332. The van der Waals surface area contributed by atoms with Gasteiger partial charge in [0, 0.05) is 42.6 Å². The van der Waals surface area contributed by atoms with Gasteiger partial charge in [-0.2, -0.15) is 0 Å². The Morgan fingerprint density at radius 3 is 2.56 bits per heavy atom. The van der Waals surface area contributed by atoms with Gasteiger partial charge < -0.3 is 19.0 Å². The molecule has 7 heteroatoms. The second-order valence-electron chi connectivity index (χ2n) is 6.55. The van der Waals surface area contributed by atoms with Crippen molar-refractivity contribution < 1.29 is 18.7 Å². The SMILES string of the molecule is CCOC(=O)N1CCN(C(=O)c2cc3c(C)nc4ccccc4c3o2)CC1. The van der Waals surface area contributed by atoms with Crippen molar-refractivity contribution in [3.05, 3.63) is 41.8 Å². The maximum absolute atomic E-state index is 12.9. The van der Waals surface area contributed by atoms with Crippen LogP contribution in [0.3, 0.4) is 0 Å². The number of ether oxygens (including phenoxy) is 1. The van der Waals surface area contributed by atoms with E-state index < -0.39 is 0 Å². The van der Waals surface area contributed by atoms with Gasteiger partial charge in [0.15, 0.2) is 5.76 Å². The minimum Gasteiger partial charge on any atom is -0.450 e. The van der Waals surface area contributed by atoms with E-state index in [2.05, 4.69) is 4.98 Å². The lowest BCUT2D eigenvalue weighted by atomic mass is 10.1. The Labute approximate surface area is 156 Å². The maximum atomic E-state index is 12.9. The summed E-state index contributed by atoms with van der Waals surface area (Å²) in [7, 11) is 0. The first-order valence-electron chi connectivity index (χ1n) is 9.08. The van der Waals surface area contributed by atoms with Crippen molar-refractivity contribution in [2.45, 2.75) is 13.8 Å². The molecule has 2 aromatic heterocycles. The number of pyridine rings is 1. The zero-order chi connectivity index (χ0) is 19.0. The Hall–Kier alpha value is -3.09. The maximum Gasteiger partial charge on any atom is 0.409 e. The summed E-state index contributed by atoms with van der Waals surface area (Å²) in [5.41, 5.74) is 2.36. The summed E-state index contributed by atoms with van der Waals surface area (Å²) in [5, 5.41) is 1.74. The summed E-state index contributed by atoms with van der Waals surface area (Å²) in [5.74, 6) is 0.133. The van der Waals surface area contributed by atoms with Gasteiger partial charge in [-0.05, 0) is 32.0 Å². The van der Waals surface area contributed by atoms with Crippen LogP contribution in [0.25, 0.3) is 21.9 Å². The Bertz CT molecular complexity index is 1020. The third-order valence-corrected chi connectivity index (χ3v) is 4.86. The molecule has 2 amide bonds. The van der Waals surface area contributed by atoms with E-state index in [-0.39, 0.29) is 12.0 Å². The molecule has 7 nitrogen and oxygen atoms in total. The minimum absolute atomic E-state index is 0.168. The first-order chi connectivity index (χ1) is 13.1. The van der Waals surface area contributed by atoms with Crippen LogP contribution in [0.4, 0.5) is 4.79 Å². The summed E-state index contributed by atoms with van der Waals surface area (Å²) in [6, 6.07) is 9.50. The summed E-state index contributed by atoms with van der Waals surface area (Å²) in [6.45, 7) is 5.84. The lowest BCUT2D eigenvalue weighted by Gasteiger charge is -2.33. The van der Waals surface area contributed by atoms with Crippen LogP contribution in [-0.4, -0.2) is 59.6 Å². The van der Waals surface area contributed by atoms with Gasteiger partial charge in [0.25, 0.3) is 5.91 Å². The lowest BCUT2D eigenvalue weighted by Crippen LogP contribution is -2.50. The van der Waals surface area contributed by atoms with Crippen molar-refractivity contribution in [3.63, 3.8) is 0 Å². The number of hydrogen-bond donors (Lipinski definition) is 0. The smallest absolute Gasteiger partial charge is 0.409 e. The summed E-state index contributed by atoms with van der Waals surface area (Å²) >= 11 is 0. The number of benzene rings is 1. The van der Waals surface area contributed by atoms with Crippen LogP contribution in [-0.2, 0) is 4.74 Å². The number of rotatable bonds is 2. The molecule has 1 fully saturated rings. The molecule has 1 aliphatic heterocycles. The van der Waals surface area contributed by atoms with Gasteiger partial charge >= 0.3 is 6.09 Å². The van der Waals surface area contributed by atoms with Gasteiger partial charge in [0.1, 0.15) is 5.58 Å². The topological polar surface area (TPSA) is 75.9 Å². The van der Waals surface area contributed by atoms with Crippen LogP contribution >= 0.6 is 0 Å². The van der Waals surface area contributed by atoms with E-state index in [0.29, 0.717) is 44.1 Å². The lowest BCUT2D eigenvalue weighted by molar-refractivity contribution is 0.0548. The molecule has 1 aromatic carbocycles. The Morgan fingerprint density at radius 2 is 1.81 bits per heavy atom. The predicted molar refractivity (Wildman–Crippen MR) is 101 cm³/mol. The number of nitrogens with zero attached hydrogens (tertiary/aromatic N) is 3. The van der Waals surface area contributed by atoms with E-state index in [9.17, 15) is 9.59 Å². The normalized spacial score (nSPS) is 14.7. The van der Waals surface area contributed by atoms with E-state index in [1.165, 1.54) is 0 Å². The molecular weight excluding hydrogens is 346 g/mol. The van der Waals surface area contributed by atoms with Gasteiger partial charge in [-0.1, -0.05) is 12.1 Å². The number of hydrogen-bond acceptors (Lipinski definition) is 5. The van der Waals surface area contributed by atoms with Gasteiger partial charge in [0.05, 0.1) is 12.1 Å². The number of aryl methyl sites for hydroxylation is 1. The number of fused-ring (bicyclic) bond motifs is 3. The van der Waals surface area contributed by atoms with Crippen LogP contribution in [0.1, 0.15) is 23.2 Å². The molecule has 27 heavy (non-hydrogen) atoms. The molecule has 0 saturated carbocycles. The Morgan fingerprint density at radius 1 is 1.11 bits per heavy atom. The highest BCUT2D eigenvalue weighted by atomic mass is 16.6. The second-order valence-corrected chi connectivity index (χ2v) is 6.55. The van der Waals surface area contributed by atoms with Crippen molar-refractivity contribution in [2.75, 3.05) is 32.8 Å². The molecule has 0 atom stereocenters. The highest BCUT2D eigenvalue weighted by Crippen LogP contribution is 2.29. The first-order valence-corrected chi connectivity index (χ1v) is 9.08. The van der Waals surface area contributed by atoms with Crippen LogP contribution in [0.5, 0.6) is 0 Å². The van der Waals surface area contributed by atoms with E-state index in [1.54, 1.807) is 22.8 Å². The van der Waals surface area contributed by atoms with E-state index in [1.807, 2.05) is 31.2 Å². The fourth-order valence-corrected chi connectivity index (χ4v) is 3.43.